The van der Waals surface area contributed by atoms with Gasteiger partial charge in [-0.3, -0.25) is 4.79 Å². The molecule has 0 aromatic heterocycles. The van der Waals surface area contributed by atoms with E-state index in [0.29, 0.717) is 23.0 Å². The zero-order valence-electron chi connectivity index (χ0n) is 10.5. The zero-order chi connectivity index (χ0) is 14.9. The molecule has 2 aromatic carbocycles. The molecule has 0 radical (unpaired) electrons. The van der Waals surface area contributed by atoms with Crippen LogP contribution in [0.4, 0.5) is 17.6 Å². The van der Waals surface area contributed by atoms with Gasteiger partial charge in [-0.15, -0.1) is 0 Å². The summed E-state index contributed by atoms with van der Waals surface area (Å²) < 4.78 is 51.0. The van der Waals surface area contributed by atoms with Crippen LogP contribution in [0.15, 0.2) is 36.4 Å². The lowest BCUT2D eigenvalue weighted by Gasteiger charge is -2.11. The van der Waals surface area contributed by atoms with Gasteiger partial charge in [-0.1, -0.05) is 12.1 Å². The highest BCUT2D eigenvalue weighted by Gasteiger charge is 2.30. The maximum Gasteiger partial charge on any atom is 0.416 e. The van der Waals surface area contributed by atoms with Crippen molar-refractivity contribution in [3.63, 3.8) is 0 Å². The van der Waals surface area contributed by atoms with E-state index >= 15 is 0 Å². The number of alkyl halides is 3. The number of hydrogen-bond donors (Lipinski definition) is 0. The highest BCUT2D eigenvalue weighted by molar-refractivity contribution is 5.80. The molecule has 0 bridgehead atoms. The van der Waals surface area contributed by atoms with Crippen molar-refractivity contribution in [2.75, 3.05) is 0 Å². The molecule has 0 amide bonds. The van der Waals surface area contributed by atoms with E-state index in [2.05, 4.69) is 0 Å². The molecule has 20 heavy (non-hydrogen) atoms. The van der Waals surface area contributed by atoms with Crippen LogP contribution >= 0.6 is 0 Å². The van der Waals surface area contributed by atoms with Gasteiger partial charge in [0.25, 0.3) is 0 Å². The van der Waals surface area contributed by atoms with Crippen molar-refractivity contribution in [1.29, 1.82) is 0 Å². The largest absolute Gasteiger partial charge is 0.416 e. The normalized spacial score (nSPS) is 11.4. The van der Waals surface area contributed by atoms with Crippen molar-refractivity contribution >= 4 is 6.29 Å². The lowest BCUT2D eigenvalue weighted by atomic mass is 9.97. The van der Waals surface area contributed by atoms with E-state index in [1.165, 1.54) is 25.1 Å². The van der Waals surface area contributed by atoms with E-state index in [-0.39, 0.29) is 5.56 Å². The van der Waals surface area contributed by atoms with Crippen molar-refractivity contribution in [2.45, 2.75) is 13.1 Å². The van der Waals surface area contributed by atoms with Crippen LogP contribution in [-0.2, 0) is 6.18 Å². The van der Waals surface area contributed by atoms with E-state index in [1.807, 2.05) is 0 Å². The maximum atomic E-state index is 13.2. The maximum absolute atomic E-state index is 13.2. The van der Waals surface area contributed by atoms with Crippen molar-refractivity contribution in [3.8, 4) is 11.1 Å². The monoisotopic (exact) mass is 282 g/mol. The van der Waals surface area contributed by atoms with Crippen molar-refractivity contribution in [1.82, 2.24) is 0 Å². The molecule has 0 aliphatic heterocycles. The van der Waals surface area contributed by atoms with E-state index in [0.717, 1.165) is 18.2 Å². The van der Waals surface area contributed by atoms with Crippen LogP contribution in [-0.4, -0.2) is 6.29 Å². The number of carbonyl (C=O) groups is 1. The molecule has 0 heterocycles. The van der Waals surface area contributed by atoms with Crippen LogP contribution < -0.4 is 0 Å². The molecule has 0 N–H and O–H groups in total. The van der Waals surface area contributed by atoms with Gasteiger partial charge >= 0.3 is 6.18 Å². The van der Waals surface area contributed by atoms with Gasteiger partial charge in [-0.05, 0) is 47.9 Å². The number of aryl methyl sites for hydroxylation is 1. The summed E-state index contributed by atoms with van der Waals surface area (Å²) in [6.45, 7) is 1.54. The number of halogens is 4. The number of aldehydes is 1. The molecular weight excluding hydrogens is 272 g/mol. The molecular formula is C15H10F4O. The minimum atomic E-state index is -4.40. The third-order valence-corrected chi connectivity index (χ3v) is 2.99. The van der Waals surface area contributed by atoms with Gasteiger partial charge in [-0.2, -0.15) is 13.2 Å². The van der Waals surface area contributed by atoms with Crippen LogP contribution in [0, 0.1) is 12.7 Å². The molecule has 0 saturated carbocycles. The zero-order valence-corrected chi connectivity index (χ0v) is 10.5. The van der Waals surface area contributed by atoms with Crippen molar-refractivity contribution in [3.05, 3.63) is 58.9 Å². The highest BCUT2D eigenvalue weighted by Crippen LogP contribution is 2.33. The van der Waals surface area contributed by atoms with Gasteiger partial charge < -0.3 is 0 Å². The Bertz CT molecular complexity index is 659. The summed E-state index contributed by atoms with van der Waals surface area (Å²) in [5, 5.41) is 0. The van der Waals surface area contributed by atoms with Crippen LogP contribution in [0.25, 0.3) is 11.1 Å². The Morgan fingerprint density at radius 2 is 1.75 bits per heavy atom. The summed E-state index contributed by atoms with van der Waals surface area (Å²) in [4.78, 5) is 10.7. The summed E-state index contributed by atoms with van der Waals surface area (Å²) in [5.74, 6) is -0.659. The Hall–Kier alpha value is -2.17. The van der Waals surface area contributed by atoms with E-state index < -0.39 is 17.6 Å². The van der Waals surface area contributed by atoms with Gasteiger partial charge in [0.15, 0.2) is 6.29 Å². The lowest BCUT2D eigenvalue weighted by molar-refractivity contribution is -0.137. The molecule has 5 heteroatoms. The van der Waals surface area contributed by atoms with E-state index in [4.69, 9.17) is 0 Å². The van der Waals surface area contributed by atoms with E-state index in [9.17, 15) is 22.4 Å². The summed E-state index contributed by atoms with van der Waals surface area (Å²) >= 11 is 0. The third kappa shape index (κ3) is 2.71. The van der Waals surface area contributed by atoms with Gasteiger partial charge in [-0.25, -0.2) is 4.39 Å². The van der Waals surface area contributed by atoms with Crippen LogP contribution in [0.2, 0.25) is 0 Å². The molecule has 0 saturated heterocycles. The van der Waals surface area contributed by atoms with Crippen LogP contribution in [0.3, 0.4) is 0 Å². The minimum absolute atomic E-state index is 0.123. The Morgan fingerprint density at radius 3 is 2.30 bits per heavy atom. The first-order chi connectivity index (χ1) is 9.32. The highest BCUT2D eigenvalue weighted by atomic mass is 19.4. The van der Waals surface area contributed by atoms with Gasteiger partial charge in [0.1, 0.15) is 5.82 Å². The second-order valence-corrected chi connectivity index (χ2v) is 4.38. The van der Waals surface area contributed by atoms with Crippen molar-refractivity contribution in [2.24, 2.45) is 0 Å². The van der Waals surface area contributed by atoms with Gasteiger partial charge in [0.05, 0.1) is 11.1 Å². The smallest absolute Gasteiger partial charge is 0.298 e. The fourth-order valence-corrected chi connectivity index (χ4v) is 1.97. The van der Waals surface area contributed by atoms with Gasteiger partial charge in [0.2, 0.25) is 0 Å². The molecule has 0 aliphatic carbocycles. The summed E-state index contributed by atoms with van der Waals surface area (Å²) in [7, 11) is 0. The van der Waals surface area contributed by atoms with Crippen molar-refractivity contribution < 1.29 is 22.4 Å². The Kier molecular flexibility index (Phi) is 3.61. The Balaban J connectivity index is 2.51. The first kappa shape index (κ1) is 14.2. The first-order valence-electron chi connectivity index (χ1n) is 5.76. The van der Waals surface area contributed by atoms with Crippen LogP contribution in [0.5, 0.6) is 0 Å². The second kappa shape index (κ2) is 5.07. The van der Waals surface area contributed by atoms with Crippen LogP contribution in [0.1, 0.15) is 21.5 Å². The Morgan fingerprint density at radius 1 is 1.05 bits per heavy atom. The Labute approximate surface area is 112 Å². The van der Waals surface area contributed by atoms with E-state index in [1.54, 1.807) is 0 Å². The standard InChI is InChI=1S/C15H10F4O/c1-9-6-12(15(17,18)19)3-4-13(9)10-2-5-14(16)11(7-10)8-20/h2-8H,1H3. The fourth-order valence-electron chi connectivity index (χ4n) is 1.97. The second-order valence-electron chi connectivity index (χ2n) is 4.38. The predicted molar refractivity (Wildman–Crippen MR) is 67.0 cm³/mol. The predicted octanol–water partition coefficient (Wildman–Crippen LogP) is 4.63. The summed E-state index contributed by atoms with van der Waals surface area (Å²) in [5.41, 5.74) is 0.572. The number of benzene rings is 2. The molecule has 2 aromatic rings. The summed E-state index contributed by atoms with van der Waals surface area (Å²) in [6.07, 6.45) is -4.03. The molecule has 0 atom stereocenters. The molecule has 104 valence electrons. The molecule has 0 unspecified atom stereocenters. The summed E-state index contributed by atoms with van der Waals surface area (Å²) in [6, 6.07) is 7.18. The number of rotatable bonds is 2. The number of hydrogen-bond acceptors (Lipinski definition) is 1. The first-order valence-corrected chi connectivity index (χ1v) is 5.76. The molecule has 1 nitrogen and oxygen atoms in total. The average Bonchev–Trinajstić information content (AvgIpc) is 2.38. The topological polar surface area (TPSA) is 17.1 Å². The molecule has 0 spiro atoms. The quantitative estimate of drug-likeness (QED) is 0.579. The fraction of sp³-hybridized carbons (Fsp3) is 0.133. The van der Waals surface area contributed by atoms with Gasteiger partial charge in [0, 0.05) is 0 Å². The third-order valence-electron chi connectivity index (χ3n) is 2.99. The molecule has 0 fully saturated rings. The number of carbonyl (C=O) groups excluding carboxylic acids is 1. The molecule has 0 aliphatic rings. The molecule has 2 rings (SSSR count). The minimum Gasteiger partial charge on any atom is -0.298 e. The lowest BCUT2D eigenvalue weighted by Crippen LogP contribution is -2.05. The average molecular weight is 282 g/mol. The SMILES string of the molecule is Cc1cc(C(F)(F)F)ccc1-c1ccc(F)c(C=O)c1.